The maximum Gasteiger partial charge on any atom is 2.00 e. The second kappa shape index (κ2) is 81.9. The molecule has 0 bridgehead atoms. The van der Waals surface area contributed by atoms with Crippen molar-refractivity contribution in [2.24, 2.45) is 0 Å². The molecular weight excluding hydrogens is 1240 g/mol. The van der Waals surface area contributed by atoms with Crippen LogP contribution in [0.25, 0.3) is 0 Å². The zero-order chi connectivity index (χ0) is 9.15. The SMILES string of the molecule is B=O.[O-2].[O-2].[O-]B([O-])[O-].[O-]B([O-])[O-].[Pb+2].[Pb+2].[Pb+2].[Pb+2].[Pb+2].[Si]. The van der Waals surface area contributed by atoms with Gasteiger partial charge >= 0.3 is 149 Å². The van der Waals surface area contributed by atoms with Gasteiger partial charge in [-0.3, -0.25) is 14.6 Å². The van der Waals surface area contributed by atoms with Gasteiger partial charge in [-0.1, -0.05) is 0 Å². The standard InChI is InChI=1S/2BO3.BHO.2O.5Pb.Si/c2*2-1(3)4;1-2;;;;;;;;/h;;1H;;;;;;;;/q2*-3;;2*-2;5*+2;. The molecule has 0 aliphatic heterocycles. The van der Waals surface area contributed by atoms with Crippen molar-refractivity contribution in [3.05, 3.63) is 0 Å². The van der Waals surface area contributed by atoms with Gasteiger partial charge in [-0.25, -0.2) is 0 Å². The molecule has 0 aliphatic carbocycles. The van der Waals surface area contributed by atoms with Crippen LogP contribution in [-0.4, -0.2) is 170 Å². The van der Waals surface area contributed by atoms with Crippen molar-refractivity contribution in [3.8, 4) is 0 Å². The quantitative estimate of drug-likeness (QED) is 0.214. The summed E-state index contributed by atoms with van der Waals surface area (Å²) in [5, 5.41) is 50.5. The summed E-state index contributed by atoms with van der Waals surface area (Å²) in [5.74, 6) is 0. The van der Waals surface area contributed by atoms with Crippen LogP contribution in [0, 0.1) is 0 Å². The van der Waals surface area contributed by atoms with Crippen molar-refractivity contribution in [2.75, 3.05) is 0 Å². The molecule has 0 aliphatic rings. The van der Waals surface area contributed by atoms with Crippen LogP contribution in [0.1, 0.15) is 0 Å². The van der Waals surface area contributed by atoms with Gasteiger partial charge in [0.25, 0.3) is 0 Å². The van der Waals surface area contributed by atoms with Crippen molar-refractivity contribution in [2.45, 2.75) is 0 Å². The topological polar surface area (TPSA) is 212 Å². The Morgan fingerprint density at radius 2 is 0.556 bits per heavy atom. The van der Waals surface area contributed by atoms with E-state index in [9.17, 15) is 0 Å². The van der Waals surface area contributed by atoms with E-state index in [0.29, 0.717) is 0 Å². The molecule has 0 saturated heterocycles. The normalized spacial score (nSPS) is 3.17. The Morgan fingerprint density at radius 3 is 0.556 bits per heavy atom. The molecule has 18 heteroatoms. The summed E-state index contributed by atoms with van der Waals surface area (Å²) in [7, 11) is -3.83. The Kier molecular flexibility index (Phi) is 358. The predicted molar refractivity (Wildman–Crippen MR) is 55.2 cm³/mol. The van der Waals surface area contributed by atoms with E-state index in [0.717, 1.165) is 0 Å². The van der Waals surface area contributed by atoms with Gasteiger partial charge in [-0.15, -0.1) is 0 Å². The minimum absolute atomic E-state index is 0. The third kappa shape index (κ3) is 385. The van der Waals surface area contributed by atoms with E-state index in [-0.39, 0.29) is 158 Å². The van der Waals surface area contributed by atoms with Gasteiger partial charge in [-0.2, -0.15) is 0 Å². The van der Waals surface area contributed by atoms with Crippen LogP contribution < -0.4 is 30.1 Å². The first-order valence-corrected chi connectivity index (χ1v) is 1.70. The molecule has 0 amide bonds. The minimum atomic E-state index is -2.92. The molecule has 9 nitrogen and oxygen atoms in total. The second-order valence-corrected chi connectivity index (χ2v) is 0.577. The summed E-state index contributed by atoms with van der Waals surface area (Å²) in [4.78, 5) is 0. The van der Waals surface area contributed by atoms with Gasteiger partial charge in [0.15, 0.2) is 0 Å². The third-order valence-corrected chi connectivity index (χ3v) is 0. The van der Waals surface area contributed by atoms with Crippen molar-refractivity contribution < 1.29 is 45.8 Å². The zero-order valence-electron chi connectivity index (χ0n) is 8.54. The van der Waals surface area contributed by atoms with Crippen LogP contribution in [0.3, 0.4) is 0 Å². The third-order valence-electron chi connectivity index (χ3n) is 0. The molecule has 0 saturated carbocycles. The summed E-state index contributed by atoms with van der Waals surface area (Å²) in [6.07, 6.45) is 0. The summed E-state index contributed by atoms with van der Waals surface area (Å²) in [6, 6.07) is 0. The fourth-order valence-corrected chi connectivity index (χ4v) is 0. The van der Waals surface area contributed by atoms with Crippen molar-refractivity contribution in [3.63, 3.8) is 0 Å². The molecule has 0 aromatic heterocycles. The van der Waals surface area contributed by atoms with Gasteiger partial charge in [-0.05, 0) is 0 Å². The molecule has 0 aromatic rings. The molecule has 0 fully saturated rings. The van der Waals surface area contributed by atoms with Gasteiger partial charge in [0.2, 0.25) is 0 Å². The van der Waals surface area contributed by atoms with Crippen molar-refractivity contribution in [1.82, 2.24) is 0 Å². The summed E-state index contributed by atoms with van der Waals surface area (Å²) < 4.78 is 8.00. The largest absolute Gasteiger partial charge is 2.00 e. The zero-order valence-corrected chi connectivity index (χ0v) is 29.0. The van der Waals surface area contributed by atoms with Crippen LogP contribution in [-0.2, 0) is 15.7 Å². The molecule has 0 unspecified atom stereocenters. The van der Waals surface area contributed by atoms with Crippen molar-refractivity contribution >= 4 is 170 Å². The van der Waals surface area contributed by atoms with E-state index in [1.807, 2.05) is 7.72 Å². The van der Waals surface area contributed by atoms with Gasteiger partial charge in [0, 0.05) is 11.0 Å². The number of hydrogen-bond donors (Lipinski definition) is 0. The van der Waals surface area contributed by atoms with Gasteiger partial charge in [0.05, 0.1) is 0 Å². The van der Waals surface area contributed by atoms with E-state index >= 15 is 0 Å². The molecule has 88 valence electrons. The van der Waals surface area contributed by atoms with Gasteiger partial charge < -0.3 is 41.1 Å². The Morgan fingerprint density at radius 1 is 0.556 bits per heavy atom. The maximum atomic E-state index is 8.42. The summed E-state index contributed by atoms with van der Waals surface area (Å²) in [5.41, 5.74) is 0. The fraction of sp³-hybridized carbons (Fsp3) is 0. The van der Waals surface area contributed by atoms with E-state index in [1.54, 1.807) is 0 Å². The Hall–Kier alpha value is 4.50. The number of hydrogen-bond acceptors (Lipinski definition) is 7. The van der Waals surface area contributed by atoms with Crippen LogP contribution in [0.15, 0.2) is 0 Å². The number of rotatable bonds is 0. The average Bonchev–Trinajstić information content (AvgIpc) is 1.66. The molecule has 0 atom stereocenters. The molecule has 0 rings (SSSR count). The predicted octanol–water partition coefficient (Wildman–Crippen LogP) is -11.2. The fourth-order valence-electron chi connectivity index (χ4n) is 0. The molecule has 14 radical (unpaired) electrons. The first kappa shape index (κ1) is 78.6. The summed E-state index contributed by atoms with van der Waals surface area (Å²) >= 11 is 0. The molecular formula is HB3O9Pb5Si. The second-order valence-electron chi connectivity index (χ2n) is 0.577. The minimum Gasteiger partial charge on any atom is -2.00 e. The van der Waals surface area contributed by atoms with E-state index in [2.05, 4.69) is 0 Å². The Labute approximate surface area is 211 Å². The van der Waals surface area contributed by atoms with Crippen LogP contribution in [0.5, 0.6) is 0 Å². The van der Waals surface area contributed by atoms with Gasteiger partial charge in [0.1, 0.15) is 0 Å². The van der Waals surface area contributed by atoms with E-state index in [1.165, 1.54) is 0 Å². The first-order chi connectivity index (χ1) is 4.46. The van der Waals surface area contributed by atoms with Crippen LogP contribution in [0.2, 0.25) is 0 Å². The molecule has 0 spiro atoms. The van der Waals surface area contributed by atoms with Crippen LogP contribution >= 0.6 is 0 Å². The van der Waals surface area contributed by atoms with Crippen LogP contribution in [0.4, 0.5) is 0 Å². The van der Waals surface area contributed by atoms with Crippen molar-refractivity contribution in [1.29, 1.82) is 0 Å². The summed E-state index contributed by atoms with van der Waals surface area (Å²) in [6.45, 7) is 0. The maximum absolute atomic E-state index is 8.42. The monoisotopic (exact) mass is 1250 g/mol. The first-order valence-electron chi connectivity index (χ1n) is 1.70. The Bertz CT molecular complexity index is 54.0. The molecule has 0 N–H and O–H groups in total. The van der Waals surface area contributed by atoms with E-state index < -0.39 is 14.6 Å². The molecule has 0 aromatic carbocycles. The molecule has 0 heterocycles. The van der Waals surface area contributed by atoms with E-state index in [4.69, 9.17) is 34.8 Å². The molecule has 18 heavy (non-hydrogen) atoms. The Balaban J connectivity index is -0.00000000382. The average molecular weight is 1240 g/mol. The smallest absolute Gasteiger partial charge is 2.00 e.